The van der Waals surface area contributed by atoms with E-state index in [9.17, 15) is 4.79 Å². The van der Waals surface area contributed by atoms with E-state index in [4.69, 9.17) is 9.47 Å². The normalized spacial score (nSPS) is 18.1. The number of carbonyl (C=O) groups excluding carboxylic acids is 1. The second-order valence-electron chi connectivity index (χ2n) is 5.33. The maximum absolute atomic E-state index is 12.0. The van der Waals surface area contributed by atoms with E-state index in [1.54, 1.807) is 32.4 Å². The van der Waals surface area contributed by atoms with Gasteiger partial charge >= 0.3 is 0 Å². The van der Waals surface area contributed by atoms with Gasteiger partial charge in [-0.1, -0.05) is 0 Å². The first-order valence-corrected chi connectivity index (χ1v) is 7.37. The molecule has 1 saturated heterocycles. The second kappa shape index (κ2) is 7.88. The van der Waals surface area contributed by atoms with E-state index in [0.29, 0.717) is 29.5 Å². The Bertz CT molecular complexity index is 448. The molecule has 1 N–H and O–H groups in total. The molecule has 0 aromatic heterocycles. The Labute approximate surface area is 126 Å². The van der Waals surface area contributed by atoms with Crippen LogP contribution in [0.2, 0.25) is 0 Å². The lowest BCUT2D eigenvalue weighted by Gasteiger charge is -2.21. The summed E-state index contributed by atoms with van der Waals surface area (Å²) < 4.78 is 10.4. The maximum atomic E-state index is 12.0. The Morgan fingerprint density at radius 2 is 2.00 bits per heavy atom. The lowest BCUT2D eigenvalue weighted by molar-refractivity contribution is -0.116. The molecule has 1 unspecified atom stereocenters. The zero-order valence-electron chi connectivity index (χ0n) is 12.7. The van der Waals surface area contributed by atoms with Crippen molar-refractivity contribution in [1.29, 1.82) is 0 Å². The highest BCUT2D eigenvalue weighted by molar-refractivity contribution is 5.91. The van der Waals surface area contributed by atoms with Crippen LogP contribution in [-0.2, 0) is 4.79 Å². The highest BCUT2D eigenvalue weighted by Gasteiger charge is 2.15. The van der Waals surface area contributed by atoms with Crippen LogP contribution in [0.5, 0.6) is 11.5 Å². The zero-order valence-corrected chi connectivity index (χ0v) is 12.7. The van der Waals surface area contributed by atoms with Crippen molar-refractivity contribution in [3.05, 3.63) is 18.2 Å². The number of benzene rings is 1. The molecule has 1 fully saturated rings. The average Bonchev–Trinajstić information content (AvgIpc) is 2.53. The lowest BCUT2D eigenvalue weighted by Crippen LogP contribution is -2.25. The molecule has 1 atom stereocenters. The number of amides is 1. The predicted molar refractivity (Wildman–Crippen MR) is 82.0 cm³/mol. The summed E-state index contributed by atoms with van der Waals surface area (Å²) >= 11 is 0. The number of hydrogen-bond donors (Lipinski definition) is 1. The third-order valence-corrected chi connectivity index (χ3v) is 3.73. The number of hydrogen-bond acceptors (Lipinski definition) is 3. The van der Waals surface area contributed by atoms with Crippen molar-refractivity contribution < 1.29 is 14.3 Å². The van der Waals surface area contributed by atoms with Gasteiger partial charge in [0.15, 0.2) is 0 Å². The molecule has 1 aliphatic heterocycles. The third-order valence-electron chi connectivity index (χ3n) is 3.73. The van der Waals surface area contributed by atoms with Crippen molar-refractivity contribution in [2.75, 3.05) is 32.6 Å². The van der Waals surface area contributed by atoms with Gasteiger partial charge in [0.05, 0.1) is 14.2 Å². The molecule has 1 radical (unpaired) electrons. The van der Waals surface area contributed by atoms with Crippen molar-refractivity contribution in [1.82, 2.24) is 5.32 Å². The standard InChI is InChI=1S/C16H23N2O3/c1-20-14-8-13(9-15(10-14)21-2)18-16(19)6-5-12-4-3-7-17-11-12/h8-10,12H,3-7,11H2,1-2H3,(H,18,19). The van der Waals surface area contributed by atoms with Crippen molar-refractivity contribution >= 4 is 11.6 Å². The molecule has 5 heteroatoms. The zero-order chi connectivity index (χ0) is 15.1. The van der Waals surface area contributed by atoms with Crippen LogP contribution < -0.4 is 20.1 Å². The number of methoxy groups -OCH3 is 2. The maximum Gasteiger partial charge on any atom is 0.224 e. The quantitative estimate of drug-likeness (QED) is 0.875. The number of piperidine rings is 1. The molecular formula is C16H23N2O3. The smallest absolute Gasteiger partial charge is 0.224 e. The third kappa shape index (κ3) is 4.93. The van der Waals surface area contributed by atoms with Crippen molar-refractivity contribution in [2.45, 2.75) is 25.7 Å². The fourth-order valence-electron chi connectivity index (χ4n) is 2.53. The van der Waals surface area contributed by atoms with Crippen LogP contribution in [0.15, 0.2) is 18.2 Å². The lowest BCUT2D eigenvalue weighted by atomic mass is 9.94. The minimum absolute atomic E-state index is 0.0240. The number of ether oxygens (including phenoxy) is 2. The van der Waals surface area contributed by atoms with Gasteiger partial charge in [-0.15, -0.1) is 0 Å². The fourth-order valence-corrected chi connectivity index (χ4v) is 2.53. The summed E-state index contributed by atoms with van der Waals surface area (Å²) in [6.45, 7) is 1.88. The molecule has 5 nitrogen and oxygen atoms in total. The van der Waals surface area contributed by atoms with Gasteiger partial charge in [-0.05, 0) is 25.2 Å². The SMILES string of the molecule is COc1cc(NC(=O)CCC2CCC[N]C2)cc(OC)c1. The number of carbonyl (C=O) groups is 1. The Balaban J connectivity index is 1.86. The summed E-state index contributed by atoms with van der Waals surface area (Å²) in [6.07, 6.45) is 3.76. The first-order chi connectivity index (χ1) is 10.2. The summed E-state index contributed by atoms with van der Waals surface area (Å²) in [7, 11) is 3.18. The van der Waals surface area contributed by atoms with Crippen LogP contribution >= 0.6 is 0 Å². The Morgan fingerprint density at radius 1 is 1.29 bits per heavy atom. The van der Waals surface area contributed by atoms with Gasteiger partial charge in [0, 0.05) is 43.4 Å². The molecule has 1 aromatic carbocycles. The summed E-state index contributed by atoms with van der Waals surface area (Å²) in [5.74, 6) is 1.91. The topological polar surface area (TPSA) is 61.7 Å². The van der Waals surface area contributed by atoms with E-state index in [-0.39, 0.29) is 5.91 Å². The first kappa shape index (κ1) is 15.6. The molecular weight excluding hydrogens is 268 g/mol. The van der Waals surface area contributed by atoms with Gasteiger partial charge in [0.1, 0.15) is 11.5 Å². The van der Waals surface area contributed by atoms with Crippen molar-refractivity contribution in [3.63, 3.8) is 0 Å². The van der Waals surface area contributed by atoms with Crippen LogP contribution in [0.1, 0.15) is 25.7 Å². The Hall–Kier alpha value is -1.75. The van der Waals surface area contributed by atoms with Crippen molar-refractivity contribution in [2.24, 2.45) is 5.92 Å². The van der Waals surface area contributed by atoms with E-state index >= 15 is 0 Å². The van der Waals surface area contributed by atoms with E-state index in [2.05, 4.69) is 10.6 Å². The highest BCUT2D eigenvalue weighted by atomic mass is 16.5. The number of rotatable bonds is 6. The number of anilines is 1. The van der Waals surface area contributed by atoms with E-state index in [1.165, 1.54) is 6.42 Å². The molecule has 21 heavy (non-hydrogen) atoms. The van der Waals surface area contributed by atoms with Gasteiger partial charge in [-0.3, -0.25) is 4.79 Å². The molecule has 0 saturated carbocycles. The molecule has 0 bridgehead atoms. The number of nitrogens with zero attached hydrogens (tertiary/aromatic N) is 1. The van der Waals surface area contributed by atoms with Crippen molar-refractivity contribution in [3.8, 4) is 11.5 Å². The molecule has 1 aromatic rings. The predicted octanol–water partition coefficient (Wildman–Crippen LogP) is 2.44. The van der Waals surface area contributed by atoms with Gasteiger partial charge < -0.3 is 14.8 Å². The van der Waals surface area contributed by atoms with E-state index in [0.717, 1.165) is 25.9 Å². The van der Waals surface area contributed by atoms with Crippen LogP contribution in [0.4, 0.5) is 5.69 Å². The van der Waals surface area contributed by atoms with Gasteiger partial charge in [-0.2, -0.15) is 0 Å². The average molecular weight is 291 g/mol. The summed E-state index contributed by atoms with van der Waals surface area (Å²) in [5.41, 5.74) is 0.699. The molecule has 0 spiro atoms. The van der Waals surface area contributed by atoms with E-state index < -0.39 is 0 Å². The molecule has 0 aliphatic carbocycles. The summed E-state index contributed by atoms with van der Waals surface area (Å²) in [5, 5.41) is 7.30. The Morgan fingerprint density at radius 3 is 2.57 bits per heavy atom. The molecule has 2 rings (SSSR count). The van der Waals surface area contributed by atoms with Crippen LogP contribution in [0, 0.1) is 5.92 Å². The largest absolute Gasteiger partial charge is 0.497 e. The molecule has 115 valence electrons. The highest BCUT2D eigenvalue weighted by Crippen LogP contribution is 2.26. The monoisotopic (exact) mass is 291 g/mol. The molecule has 1 aliphatic rings. The van der Waals surface area contributed by atoms with Crippen LogP contribution in [0.3, 0.4) is 0 Å². The fraction of sp³-hybridized carbons (Fsp3) is 0.562. The van der Waals surface area contributed by atoms with E-state index in [1.807, 2.05) is 0 Å². The molecule has 1 heterocycles. The summed E-state index contributed by atoms with van der Waals surface area (Å²) in [4.78, 5) is 12.0. The van der Waals surface area contributed by atoms with Crippen LogP contribution in [0.25, 0.3) is 0 Å². The Kier molecular flexibility index (Phi) is 5.87. The molecule has 1 amide bonds. The van der Waals surface area contributed by atoms with Gasteiger partial charge in [0.2, 0.25) is 5.91 Å². The first-order valence-electron chi connectivity index (χ1n) is 7.37. The second-order valence-corrected chi connectivity index (χ2v) is 5.33. The summed E-state index contributed by atoms with van der Waals surface area (Å²) in [6, 6.07) is 5.35. The van der Waals surface area contributed by atoms with Gasteiger partial charge in [-0.25, -0.2) is 5.32 Å². The minimum Gasteiger partial charge on any atom is -0.497 e. The number of nitrogens with one attached hydrogen (secondary N) is 1. The van der Waals surface area contributed by atoms with Gasteiger partial charge in [0.25, 0.3) is 0 Å². The minimum atomic E-state index is 0.0240. The van der Waals surface area contributed by atoms with Crippen LogP contribution in [-0.4, -0.2) is 33.2 Å².